The fourth-order valence-electron chi connectivity index (χ4n) is 3.24. The average Bonchev–Trinajstić information content (AvgIpc) is 3.19. The van der Waals surface area contributed by atoms with Gasteiger partial charge in [0.25, 0.3) is 5.91 Å². The summed E-state index contributed by atoms with van der Waals surface area (Å²) in [5, 5.41) is 3.00. The van der Waals surface area contributed by atoms with Gasteiger partial charge >= 0.3 is 0 Å². The van der Waals surface area contributed by atoms with Crippen LogP contribution in [-0.2, 0) is 4.79 Å². The van der Waals surface area contributed by atoms with Gasteiger partial charge in [-0.25, -0.2) is 0 Å². The van der Waals surface area contributed by atoms with E-state index in [9.17, 15) is 4.79 Å². The number of benzene rings is 1. The van der Waals surface area contributed by atoms with E-state index in [1.54, 1.807) is 6.26 Å². The van der Waals surface area contributed by atoms with Crippen molar-refractivity contribution in [2.75, 3.05) is 46.4 Å². The molecule has 1 aromatic heterocycles. The maximum Gasteiger partial charge on any atom is 0.258 e. The molecule has 0 saturated carbocycles. The average molecular weight is 371 g/mol. The van der Waals surface area contributed by atoms with Crippen LogP contribution in [0, 0.1) is 13.8 Å². The van der Waals surface area contributed by atoms with Crippen molar-refractivity contribution in [2.24, 2.45) is 0 Å². The summed E-state index contributed by atoms with van der Waals surface area (Å²) in [4.78, 5) is 17.0. The summed E-state index contributed by atoms with van der Waals surface area (Å²) in [5.41, 5.74) is 2.36. The number of furan rings is 1. The lowest BCUT2D eigenvalue weighted by molar-refractivity contribution is -0.123. The number of amides is 1. The van der Waals surface area contributed by atoms with Crippen LogP contribution < -0.4 is 10.1 Å². The minimum absolute atomic E-state index is 0.0100. The molecule has 1 aliphatic rings. The van der Waals surface area contributed by atoms with Gasteiger partial charge in [-0.3, -0.25) is 9.69 Å². The van der Waals surface area contributed by atoms with Crippen molar-refractivity contribution < 1.29 is 13.9 Å². The highest BCUT2D eigenvalue weighted by atomic mass is 16.5. The van der Waals surface area contributed by atoms with Crippen LogP contribution >= 0.6 is 0 Å². The number of piperazine rings is 1. The van der Waals surface area contributed by atoms with Gasteiger partial charge in [0.15, 0.2) is 6.61 Å². The van der Waals surface area contributed by atoms with Crippen LogP contribution in [0.5, 0.6) is 5.75 Å². The van der Waals surface area contributed by atoms with Crippen LogP contribution in [0.1, 0.15) is 22.9 Å². The highest BCUT2D eigenvalue weighted by Gasteiger charge is 2.26. The molecule has 1 atom stereocenters. The lowest BCUT2D eigenvalue weighted by Gasteiger charge is -2.37. The molecule has 6 nitrogen and oxygen atoms in total. The molecule has 6 heteroatoms. The second-order valence-corrected chi connectivity index (χ2v) is 7.21. The number of rotatable bonds is 7. The topological polar surface area (TPSA) is 58.0 Å². The second kappa shape index (κ2) is 9.06. The van der Waals surface area contributed by atoms with E-state index in [0.29, 0.717) is 6.54 Å². The van der Waals surface area contributed by atoms with Crippen LogP contribution in [0.25, 0.3) is 0 Å². The van der Waals surface area contributed by atoms with E-state index >= 15 is 0 Å². The van der Waals surface area contributed by atoms with Gasteiger partial charge < -0.3 is 19.4 Å². The van der Waals surface area contributed by atoms with Crippen LogP contribution in [0.15, 0.2) is 41.0 Å². The third-order valence-corrected chi connectivity index (χ3v) is 5.19. The van der Waals surface area contributed by atoms with Crippen LogP contribution in [0.2, 0.25) is 0 Å². The van der Waals surface area contributed by atoms with Gasteiger partial charge in [0.05, 0.1) is 12.3 Å². The zero-order valence-corrected chi connectivity index (χ0v) is 16.4. The fourth-order valence-corrected chi connectivity index (χ4v) is 3.24. The van der Waals surface area contributed by atoms with E-state index in [1.165, 1.54) is 5.56 Å². The van der Waals surface area contributed by atoms with Crippen LogP contribution in [0.4, 0.5) is 0 Å². The van der Waals surface area contributed by atoms with Crippen molar-refractivity contribution in [2.45, 2.75) is 19.9 Å². The van der Waals surface area contributed by atoms with E-state index in [2.05, 4.69) is 29.1 Å². The Labute approximate surface area is 161 Å². The number of likely N-dealkylation sites (N-methyl/N-ethyl adjacent to an activating group) is 1. The van der Waals surface area contributed by atoms with Crippen molar-refractivity contribution in [3.05, 3.63) is 53.5 Å². The molecule has 1 aromatic carbocycles. The summed E-state index contributed by atoms with van der Waals surface area (Å²) in [6.07, 6.45) is 1.68. The maximum absolute atomic E-state index is 12.3. The van der Waals surface area contributed by atoms with Gasteiger partial charge in [-0.2, -0.15) is 0 Å². The van der Waals surface area contributed by atoms with Crippen LogP contribution in [0.3, 0.4) is 0 Å². The predicted molar refractivity (Wildman–Crippen MR) is 105 cm³/mol. The molecule has 0 bridgehead atoms. The molecule has 1 N–H and O–H groups in total. The standard InChI is InChI=1S/C21H29N3O3/c1-16-6-7-18(13-17(16)2)27-15-21(25)22-14-19(20-5-4-12-26-20)24-10-8-23(3)9-11-24/h4-7,12-13,19H,8-11,14-15H2,1-3H3,(H,22,25). The molecule has 2 aromatic rings. The maximum atomic E-state index is 12.3. The molecular weight excluding hydrogens is 342 g/mol. The van der Waals surface area contributed by atoms with Gasteiger partial charge in [-0.15, -0.1) is 0 Å². The highest BCUT2D eigenvalue weighted by Crippen LogP contribution is 2.22. The van der Waals surface area contributed by atoms with E-state index in [1.807, 2.05) is 37.3 Å². The monoisotopic (exact) mass is 371 g/mol. The number of nitrogens with one attached hydrogen (secondary N) is 1. The molecule has 2 heterocycles. The minimum Gasteiger partial charge on any atom is -0.484 e. The van der Waals surface area contributed by atoms with Crippen molar-refractivity contribution in [1.82, 2.24) is 15.1 Å². The Morgan fingerprint density at radius 2 is 1.96 bits per heavy atom. The molecule has 27 heavy (non-hydrogen) atoms. The Morgan fingerprint density at radius 3 is 2.63 bits per heavy atom. The summed E-state index contributed by atoms with van der Waals surface area (Å²) >= 11 is 0. The zero-order chi connectivity index (χ0) is 19.2. The van der Waals surface area contributed by atoms with E-state index in [-0.39, 0.29) is 18.6 Å². The second-order valence-electron chi connectivity index (χ2n) is 7.21. The summed E-state index contributed by atoms with van der Waals surface area (Å²) < 4.78 is 11.3. The predicted octanol–water partition coefficient (Wildman–Crippen LogP) is 2.38. The molecule has 0 spiro atoms. The molecular formula is C21H29N3O3. The minimum atomic E-state index is -0.126. The SMILES string of the molecule is Cc1ccc(OCC(=O)NCC(c2ccco2)N2CCN(C)CC2)cc1C. The first kappa shape index (κ1) is 19.5. The lowest BCUT2D eigenvalue weighted by atomic mass is 10.1. The summed E-state index contributed by atoms with van der Waals surface area (Å²) in [6, 6.07) is 9.76. The van der Waals surface area contributed by atoms with Crippen molar-refractivity contribution in [1.29, 1.82) is 0 Å². The van der Waals surface area contributed by atoms with Gasteiger partial charge in [0.1, 0.15) is 11.5 Å². The molecule has 1 aliphatic heterocycles. The summed E-state index contributed by atoms with van der Waals surface area (Å²) in [7, 11) is 2.13. The summed E-state index contributed by atoms with van der Waals surface area (Å²) in [6.45, 7) is 8.55. The first-order chi connectivity index (χ1) is 13.0. The highest BCUT2D eigenvalue weighted by molar-refractivity contribution is 5.77. The first-order valence-corrected chi connectivity index (χ1v) is 9.45. The Morgan fingerprint density at radius 1 is 1.19 bits per heavy atom. The third-order valence-electron chi connectivity index (χ3n) is 5.19. The number of carbonyl (C=O) groups is 1. The third kappa shape index (κ3) is 5.34. The molecule has 3 rings (SSSR count). The van der Waals surface area contributed by atoms with E-state index in [0.717, 1.165) is 43.3 Å². The lowest BCUT2D eigenvalue weighted by Crippen LogP contribution is -2.48. The smallest absolute Gasteiger partial charge is 0.258 e. The molecule has 146 valence electrons. The molecule has 0 radical (unpaired) electrons. The number of aryl methyl sites for hydroxylation is 2. The quantitative estimate of drug-likeness (QED) is 0.810. The number of nitrogens with zero attached hydrogens (tertiary/aromatic N) is 2. The number of hydrogen-bond donors (Lipinski definition) is 1. The van der Waals surface area contributed by atoms with Gasteiger partial charge in [0, 0.05) is 32.7 Å². The number of ether oxygens (including phenoxy) is 1. The molecule has 1 fully saturated rings. The van der Waals surface area contributed by atoms with Crippen molar-refractivity contribution in [3.63, 3.8) is 0 Å². The normalized spacial score (nSPS) is 16.9. The first-order valence-electron chi connectivity index (χ1n) is 9.45. The Balaban J connectivity index is 1.53. The zero-order valence-electron chi connectivity index (χ0n) is 16.4. The van der Waals surface area contributed by atoms with Gasteiger partial charge in [0.2, 0.25) is 0 Å². The summed E-state index contributed by atoms with van der Waals surface area (Å²) in [5.74, 6) is 1.48. The molecule has 1 saturated heterocycles. The number of carbonyl (C=O) groups excluding carboxylic acids is 1. The Kier molecular flexibility index (Phi) is 6.53. The number of hydrogen-bond acceptors (Lipinski definition) is 5. The van der Waals surface area contributed by atoms with Crippen molar-refractivity contribution in [3.8, 4) is 5.75 Å². The van der Waals surface area contributed by atoms with Crippen molar-refractivity contribution >= 4 is 5.91 Å². The van der Waals surface area contributed by atoms with E-state index in [4.69, 9.17) is 9.15 Å². The molecule has 1 unspecified atom stereocenters. The molecule has 1 amide bonds. The van der Waals surface area contributed by atoms with Gasteiger partial charge in [-0.1, -0.05) is 6.07 Å². The van der Waals surface area contributed by atoms with Crippen LogP contribution in [-0.4, -0.2) is 62.1 Å². The Hall–Kier alpha value is -2.31. The Bertz CT molecular complexity index is 737. The fraction of sp³-hybridized carbons (Fsp3) is 0.476. The van der Waals surface area contributed by atoms with E-state index < -0.39 is 0 Å². The van der Waals surface area contributed by atoms with Gasteiger partial charge in [-0.05, 0) is 56.3 Å². The largest absolute Gasteiger partial charge is 0.484 e. The molecule has 0 aliphatic carbocycles.